The minimum atomic E-state index is 0.433. The minimum absolute atomic E-state index is 0.433. The van der Waals surface area contributed by atoms with E-state index in [4.69, 9.17) is 10.3 Å². The summed E-state index contributed by atoms with van der Waals surface area (Å²) in [7, 11) is 0. The second-order valence-corrected chi connectivity index (χ2v) is 5.19. The summed E-state index contributed by atoms with van der Waals surface area (Å²) in [6.45, 7) is 1.97. The van der Waals surface area contributed by atoms with Gasteiger partial charge in [-0.3, -0.25) is 4.98 Å². The van der Waals surface area contributed by atoms with Crippen LogP contribution < -0.4 is 5.73 Å². The molecular formula is C14H11BrN4O. The maximum atomic E-state index is 5.80. The van der Waals surface area contributed by atoms with Crippen LogP contribution in [-0.2, 0) is 0 Å². The van der Waals surface area contributed by atoms with Gasteiger partial charge in [-0.1, -0.05) is 11.2 Å². The molecule has 0 aliphatic rings. The van der Waals surface area contributed by atoms with Crippen LogP contribution in [0, 0.1) is 6.92 Å². The molecule has 3 rings (SSSR count). The lowest BCUT2D eigenvalue weighted by Crippen LogP contribution is -1.90. The summed E-state index contributed by atoms with van der Waals surface area (Å²) in [5.74, 6) is 0.872. The average Bonchev–Trinajstić information content (AvgIpc) is 2.91. The van der Waals surface area contributed by atoms with Crippen molar-refractivity contribution in [1.82, 2.24) is 15.1 Å². The van der Waals surface area contributed by atoms with E-state index in [1.54, 1.807) is 6.20 Å². The molecule has 0 unspecified atom stereocenters. The van der Waals surface area contributed by atoms with E-state index in [1.807, 2.05) is 37.3 Å². The summed E-state index contributed by atoms with van der Waals surface area (Å²) in [5, 5.41) is 3.97. The molecule has 0 bridgehead atoms. The number of nitrogens with two attached hydrogens (primary N) is 1. The quantitative estimate of drug-likeness (QED) is 0.728. The molecule has 100 valence electrons. The first kappa shape index (κ1) is 12.8. The van der Waals surface area contributed by atoms with Crippen molar-refractivity contribution in [3.8, 4) is 23.0 Å². The fourth-order valence-corrected chi connectivity index (χ4v) is 2.28. The third-order valence-corrected chi connectivity index (χ3v) is 3.53. The smallest absolute Gasteiger partial charge is 0.258 e. The number of benzene rings is 1. The number of pyridine rings is 1. The fourth-order valence-electron chi connectivity index (χ4n) is 1.85. The van der Waals surface area contributed by atoms with Gasteiger partial charge in [-0.2, -0.15) is 4.98 Å². The first-order valence-electron chi connectivity index (χ1n) is 5.96. The van der Waals surface area contributed by atoms with Crippen molar-refractivity contribution in [2.45, 2.75) is 6.92 Å². The van der Waals surface area contributed by atoms with Crippen LogP contribution in [0.1, 0.15) is 5.56 Å². The van der Waals surface area contributed by atoms with Gasteiger partial charge >= 0.3 is 0 Å². The number of halogens is 1. The highest BCUT2D eigenvalue weighted by Crippen LogP contribution is 2.28. The molecule has 0 atom stereocenters. The lowest BCUT2D eigenvalue weighted by atomic mass is 10.1. The van der Waals surface area contributed by atoms with E-state index < -0.39 is 0 Å². The van der Waals surface area contributed by atoms with Gasteiger partial charge in [-0.05, 0) is 52.7 Å². The van der Waals surface area contributed by atoms with Gasteiger partial charge in [-0.15, -0.1) is 0 Å². The molecule has 2 aromatic heterocycles. The molecule has 1 aromatic carbocycles. The molecule has 5 nitrogen and oxygen atoms in total. The number of rotatable bonds is 2. The Hall–Kier alpha value is -2.21. The van der Waals surface area contributed by atoms with Crippen molar-refractivity contribution in [3.63, 3.8) is 0 Å². The van der Waals surface area contributed by atoms with Crippen molar-refractivity contribution in [2.24, 2.45) is 0 Å². The molecule has 0 aliphatic heterocycles. The number of nitrogen functional groups attached to an aromatic ring is 1. The van der Waals surface area contributed by atoms with Crippen LogP contribution in [0.15, 0.2) is 45.5 Å². The third kappa shape index (κ3) is 2.30. The Morgan fingerprint density at radius 3 is 2.90 bits per heavy atom. The number of nitrogens with zero attached hydrogens (tertiary/aromatic N) is 3. The predicted molar refractivity (Wildman–Crippen MR) is 79.8 cm³/mol. The normalized spacial score (nSPS) is 10.7. The van der Waals surface area contributed by atoms with E-state index >= 15 is 0 Å². The Morgan fingerprint density at radius 2 is 2.10 bits per heavy atom. The SMILES string of the molecule is Cc1ccc(N)cc1-c1nc(-c2ncccc2Br)no1. The van der Waals surface area contributed by atoms with E-state index in [9.17, 15) is 0 Å². The molecule has 2 N–H and O–H groups in total. The topological polar surface area (TPSA) is 77.8 Å². The van der Waals surface area contributed by atoms with Crippen LogP contribution in [-0.4, -0.2) is 15.1 Å². The second-order valence-electron chi connectivity index (χ2n) is 4.33. The Balaban J connectivity index is 2.07. The van der Waals surface area contributed by atoms with Crippen LogP contribution in [0.2, 0.25) is 0 Å². The molecule has 3 aromatic rings. The summed E-state index contributed by atoms with van der Waals surface area (Å²) in [6, 6.07) is 9.29. The Morgan fingerprint density at radius 1 is 1.25 bits per heavy atom. The number of hydrogen-bond donors (Lipinski definition) is 1. The van der Waals surface area contributed by atoms with Gasteiger partial charge in [-0.25, -0.2) is 0 Å². The Bertz CT molecular complexity index is 769. The van der Waals surface area contributed by atoms with Crippen LogP contribution >= 0.6 is 15.9 Å². The predicted octanol–water partition coefficient (Wildman–Crippen LogP) is 3.45. The molecule has 0 radical (unpaired) electrons. The highest BCUT2D eigenvalue weighted by Gasteiger charge is 2.15. The van der Waals surface area contributed by atoms with Crippen molar-refractivity contribution in [1.29, 1.82) is 0 Å². The van der Waals surface area contributed by atoms with Gasteiger partial charge in [0.05, 0.1) is 0 Å². The highest BCUT2D eigenvalue weighted by molar-refractivity contribution is 9.10. The zero-order valence-electron chi connectivity index (χ0n) is 10.7. The van der Waals surface area contributed by atoms with Crippen LogP contribution in [0.25, 0.3) is 23.0 Å². The maximum Gasteiger partial charge on any atom is 0.258 e. The molecule has 0 amide bonds. The lowest BCUT2D eigenvalue weighted by molar-refractivity contribution is 0.432. The summed E-state index contributed by atoms with van der Waals surface area (Å²) in [4.78, 5) is 8.63. The number of aryl methyl sites for hydroxylation is 1. The Kier molecular flexibility index (Phi) is 3.23. The van der Waals surface area contributed by atoms with E-state index in [0.29, 0.717) is 23.1 Å². The summed E-state index contributed by atoms with van der Waals surface area (Å²) in [5.41, 5.74) is 8.95. The summed E-state index contributed by atoms with van der Waals surface area (Å²) >= 11 is 3.42. The van der Waals surface area contributed by atoms with Gasteiger partial charge in [0.25, 0.3) is 5.89 Å². The van der Waals surface area contributed by atoms with Crippen LogP contribution in [0.4, 0.5) is 5.69 Å². The number of aromatic nitrogens is 3. The van der Waals surface area contributed by atoms with E-state index in [1.165, 1.54) is 0 Å². The average molecular weight is 331 g/mol. The zero-order chi connectivity index (χ0) is 14.1. The second kappa shape index (κ2) is 5.05. The molecule has 6 heteroatoms. The molecule has 0 saturated carbocycles. The van der Waals surface area contributed by atoms with Crippen molar-refractivity contribution in [2.75, 3.05) is 5.73 Å². The molecule has 0 aliphatic carbocycles. The lowest BCUT2D eigenvalue weighted by Gasteiger charge is -2.01. The standard InChI is InChI=1S/C14H11BrN4O/c1-8-4-5-9(16)7-10(8)14-18-13(19-20-14)12-11(15)3-2-6-17-12/h2-7H,16H2,1H3. The molecule has 0 fully saturated rings. The van der Waals surface area contributed by atoms with Crippen LogP contribution in [0.5, 0.6) is 0 Å². The largest absolute Gasteiger partial charge is 0.399 e. The van der Waals surface area contributed by atoms with Crippen molar-refractivity contribution >= 4 is 21.6 Å². The first-order valence-corrected chi connectivity index (χ1v) is 6.75. The zero-order valence-corrected chi connectivity index (χ0v) is 12.3. The molecule has 0 saturated heterocycles. The van der Waals surface area contributed by atoms with E-state index in [2.05, 4.69) is 31.1 Å². The molecule has 0 spiro atoms. The maximum absolute atomic E-state index is 5.80. The van der Waals surface area contributed by atoms with E-state index in [0.717, 1.165) is 15.6 Å². The Labute approximate surface area is 124 Å². The molecule has 2 heterocycles. The number of anilines is 1. The monoisotopic (exact) mass is 330 g/mol. The van der Waals surface area contributed by atoms with Gasteiger partial charge in [0.1, 0.15) is 5.69 Å². The molecule has 20 heavy (non-hydrogen) atoms. The minimum Gasteiger partial charge on any atom is -0.399 e. The summed E-state index contributed by atoms with van der Waals surface area (Å²) < 4.78 is 6.13. The number of hydrogen-bond acceptors (Lipinski definition) is 5. The van der Waals surface area contributed by atoms with Gasteiger partial charge < -0.3 is 10.3 Å². The highest BCUT2D eigenvalue weighted by atomic mass is 79.9. The third-order valence-electron chi connectivity index (χ3n) is 2.89. The fraction of sp³-hybridized carbons (Fsp3) is 0.0714. The molecular weight excluding hydrogens is 320 g/mol. The van der Waals surface area contributed by atoms with E-state index in [-0.39, 0.29) is 0 Å². The van der Waals surface area contributed by atoms with Crippen molar-refractivity contribution < 1.29 is 4.52 Å². The van der Waals surface area contributed by atoms with Crippen molar-refractivity contribution in [3.05, 3.63) is 46.6 Å². The first-order chi connectivity index (χ1) is 9.65. The summed E-state index contributed by atoms with van der Waals surface area (Å²) in [6.07, 6.45) is 1.68. The van der Waals surface area contributed by atoms with Gasteiger partial charge in [0.2, 0.25) is 5.82 Å². The van der Waals surface area contributed by atoms with Crippen LogP contribution in [0.3, 0.4) is 0 Å². The van der Waals surface area contributed by atoms with Gasteiger partial charge in [0.15, 0.2) is 0 Å². The van der Waals surface area contributed by atoms with Gasteiger partial charge in [0, 0.05) is 21.9 Å².